The van der Waals surface area contributed by atoms with Crippen LogP contribution in [0.1, 0.15) is 29.2 Å². The molecule has 1 N–H and O–H groups in total. The highest BCUT2D eigenvalue weighted by Gasteiger charge is 2.25. The normalized spacial score (nSPS) is 16.0. The molecule has 3 rings (SSSR count). The van der Waals surface area contributed by atoms with Crippen LogP contribution in [0.25, 0.3) is 0 Å². The fraction of sp³-hybridized carbons (Fsp3) is 0.500. The lowest BCUT2D eigenvalue weighted by Crippen LogP contribution is -2.39. The Balaban J connectivity index is 1.56. The first-order chi connectivity index (χ1) is 11.2. The molecule has 1 amide bonds. The first-order valence-corrected chi connectivity index (χ1v) is 8.75. The van der Waals surface area contributed by atoms with E-state index >= 15 is 0 Å². The molecule has 0 unspecified atom stereocenters. The van der Waals surface area contributed by atoms with E-state index in [4.69, 9.17) is 9.52 Å². The summed E-state index contributed by atoms with van der Waals surface area (Å²) in [7, 11) is 1.95. The number of nitrogens with zero attached hydrogens (tertiary/aromatic N) is 3. The number of imidazole rings is 1. The Labute approximate surface area is 139 Å². The summed E-state index contributed by atoms with van der Waals surface area (Å²) in [5.74, 6) is 2.06. The molecule has 124 valence electrons. The number of amides is 1. The molecule has 1 fully saturated rings. The van der Waals surface area contributed by atoms with Crippen molar-refractivity contribution in [2.24, 2.45) is 13.0 Å². The van der Waals surface area contributed by atoms with Crippen LogP contribution in [-0.4, -0.2) is 45.2 Å². The molecular formula is C16H21N3O3S. The van der Waals surface area contributed by atoms with Crippen molar-refractivity contribution in [1.82, 2.24) is 14.5 Å². The summed E-state index contributed by atoms with van der Waals surface area (Å²) in [5.41, 5.74) is 0. The molecule has 3 heterocycles. The number of rotatable bonds is 5. The Morgan fingerprint density at radius 1 is 1.43 bits per heavy atom. The number of hydrogen-bond acceptors (Lipinski definition) is 5. The zero-order valence-electron chi connectivity index (χ0n) is 13.1. The van der Waals surface area contributed by atoms with E-state index in [9.17, 15) is 4.79 Å². The van der Waals surface area contributed by atoms with Gasteiger partial charge in [-0.1, -0.05) is 11.8 Å². The average molecular weight is 335 g/mol. The van der Waals surface area contributed by atoms with E-state index in [2.05, 4.69) is 4.98 Å². The van der Waals surface area contributed by atoms with E-state index in [0.29, 0.717) is 30.5 Å². The zero-order valence-corrected chi connectivity index (χ0v) is 14.0. The molecule has 7 heteroatoms. The number of aliphatic hydroxyl groups is 1. The number of piperidine rings is 1. The molecule has 6 nitrogen and oxygen atoms in total. The summed E-state index contributed by atoms with van der Waals surface area (Å²) < 4.78 is 7.64. The van der Waals surface area contributed by atoms with Crippen molar-refractivity contribution in [2.45, 2.75) is 23.8 Å². The third kappa shape index (κ3) is 3.79. The van der Waals surface area contributed by atoms with Gasteiger partial charge in [0.25, 0.3) is 5.91 Å². The number of carbonyl (C=O) groups is 1. The molecule has 0 aromatic carbocycles. The molecule has 2 aromatic heterocycles. The maximum atomic E-state index is 12.4. The summed E-state index contributed by atoms with van der Waals surface area (Å²) in [6.45, 7) is 1.57. The van der Waals surface area contributed by atoms with Gasteiger partial charge in [-0.25, -0.2) is 4.98 Å². The first-order valence-electron chi connectivity index (χ1n) is 7.76. The number of carbonyl (C=O) groups excluding carboxylic acids is 1. The minimum absolute atomic E-state index is 0.0605. The predicted molar refractivity (Wildman–Crippen MR) is 87.2 cm³/mol. The molecule has 1 aliphatic rings. The minimum atomic E-state index is -0.0605. The van der Waals surface area contributed by atoms with E-state index in [-0.39, 0.29) is 12.5 Å². The summed E-state index contributed by atoms with van der Waals surface area (Å²) in [5, 5.41) is 10.1. The molecule has 1 aliphatic heterocycles. The lowest BCUT2D eigenvalue weighted by molar-refractivity contribution is 0.0619. The fourth-order valence-corrected chi connectivity index (χ4v) is 3.50. The summed E-state index contributed by atoms with van der Waals surface area (Å²) in [6, 6.07) is 3.60. The third-order valence-electron chi connectivity index (χ3n) is 4.15. The van der Waals surface area contributed by atoms with Gasteiger partial charge in [0.05, 0.1) is 5.75 Å². The van der Waals surface area contributed by atoms with E-state index in [1.165, 1.54) is 0 Å². The Morgan fingerprint density at radius 3 is 2.87 bits per heavy atom. The van der Waals surface area contributed by atoms with Crippen LogP contribution in [0.4, 0.5) is 0 Å². The van der Waals surface area contributed by atoms with Gasteiger partial charge >= 0.3 is 0 Å². The predicted octanol–water partition coefficient (Wildman–Crippen LogP) is 2.15. The van der Waals surface area contributed by atoms with Crippen LogP contribution in [0.5, 0.6) is 0 Å². The average Bonchev–Trinajstić information content (AvgIpc) is 3.21. The van der Waals surface area contributed by atoms with Crippen LogP contribution in [0, 0.1) is 5.92 Å². The summed E-state index contributed by atoms with van der Waals surface area (Å²) >= 11 is 1.58. The molecule has 0 saturated carbocycles. The molecule has 0 atom stereocenters. The highest BCUT2D eigenvalue weighted by atomic mass is 32.2. The van der Waals surface area contributed by atoms with Gasteiger partial charge in [0.1, 0.15) is 5.76 Å². The van der Waals surface area contributed by atoms with Crippen LogP contribution in [0.3, 0.4) is 0 Å². The van der Waals surface area contributed by atoms with E-state index < -0.39 is 0 Å². The van der Waals surface area contributed by atoms with Gasteiger partial charge in [0, 0.05) is 39.1 Å². The zero-order chi connectivity index (χ0) is 16.2. The van der Waals surface area contributed by atoms with Gasteiger partial charge < -0.3 is 19.0 Å². The van der Waals surface area contributed by atoms with Crippen molar-refractivity contribution in [1.29, 1.82) is 0 Å². The molecule has 1 saturated heterocycles. The van der Waals surface area contributed by atoms with Crippen molar-refractivity contribution in [3.63, 3.8) is 0 Å². The molecule has 2 aromatic rings. The van der Waals surface area contributed by atoms with E-state index in [0.717, 1.165) is 23.8 Å². The number of thioether (sulfide) groups is 1. The van der Waals surface area contributed by atoms with Crippen molar-refractivity contribution >= 4 is 17.7 Å². The molecule has 0 bridgehead atoms. The van der Waals surface area contributed by atoms with Crippen LogP contribution < -0.4 is 0 Å². The lowest BCUT2D eigenvalue weighted by atomic mass is 9.98. The SMILES string of the molecule is Cn1ccnc1SCc1ccc(C(=O)N2CCC(CO)CC2)o1. The molecule has 0 aliphatic carbocycles. The van der Waals surface area contributed by atoms with Crippen molar-refractivity contribution in [3.05, 3.63) is 36.0 Å². The number of likely N-dealkylation sites (tertiary alicyclic amines) is 1. The van der Waals surface area contributed by atoms with Crippen molar-refractivity contribution < 1.29 is 14.3 Å². The van der Waals surface area contributed by atoms with Gasteiger partial charge in [0.2, 0.25) is 0 Å². The van der Waals surface area contributed by atoms with Crippen LogP contribution in [0.15, 0.2) is 34.1 Å². The Kier molecular flexibility index (Phi) is 5.07. The monoisotopic (exact) mass is 335 g/mol. The summed E-state index contributed by atoms with van der Waals surface area (Å²) in [6.07, 6.45) is 5.36. The topological polar surface area (TPSA) is 71.5 Å². The maximum absolute atomic E-state index is 12.4. The van der Waals surface area contributed by atoms with E-state index in [1.807, 2.05) is 23.9 Å². The Bertz CT molecular complexity index is 659. The first kappa shape index (κ1) is 16.1. The Hall–Kier alpha value is -1.73. The minimum Gasteiger partial charge on any atom is -0.455 e. The number of hydrogen-bond donors (Lipinski definition) is 1. The fourth-order valence-electron chi connectivity index (χ4n) is 2.67. The second-order valence-corrected chi connectivity index (χ2v) is 6.74. The number of aliphatic hydroxyl groups excluding tert-OH is 1. The van der Waals surface area contributed by atoms with Crippen LogP contribution in [0.2, 0.25) is 0 Å². The van der Waals surface area contributed by atoms with Gasteiger partial charge in [-0.15, -0.1) is 0 Å². The molecule has 0 spiro atoms. The highest BCUT2D eigenvalue weighted by Crippen LogP contribution is 2.23. The highest BCUT2D eigenvalue weighted by molar-refractivity contribution is 7.98. The quantitative estimate of drug-likeness (QED) is 0.848. The Morgan fingerprint density at radius 2 is 2.22 bits per heavy atom. The van der Waals surface area contributed by atoms with Crippen molar-refractivity contribution in [2.75, 3.05) is 19.7 Å². The molecule has 0 radical (unpaired) electrons. The van der Waals surface area contributed by atoms with Crippen molar-refractivity contribution in [3.8, 4) is 0 Å². The number of aryl methyl sites for hydroxylation is 1. The van der Waals surface area contributed by atoms with Crippen LogP contribution >= 0.6 is 11.8 Å². The van der Waals surface area contributed by atoms with E-state index in [1.54, 1.807) is 28.9 Å². The second-order valence-electron chi connectivity index (χ2n) is 5.79. The second kappa shape index (κ2) is 7.23. The summed E-state index contributed by atoms with van der Waals surface area (Å²) in [4.78, 5) is 18.5. The number of aromatic nitrogens is 2. The van der Waals surface area contributed by atoms with Crippen LogP contribution in [-0.2, 0) is 12.8 Å². The lowest BCUT2D eigenvalue weighted by Gasteiger charge is -2.30. The number of furan rings is 1. The van der Waals surface area contributed by atoms with Gasteiger partial charge in [0.15, 0.2) is 10.9 Å². The smallest absolute Gasteiger partial charge is 0.289 e. The molecule has 23 heavy (non-hydrogen) atoms. The molecular weight excluding hydrogens is 314 g/mol. The standard InChI is InChI=1S/C16H21N3O3S/c1-18-9-6-17-16(18)23-11-13-2-3-14(22-13)15(21)19-7-4-12(10-20)5-8-19/h2-3,6,9,12,20H,4-5,7-8,10-11H2,1H3. The maximum Gasteiger partial charge on any atom is 0.289 e. The largest absolute Gasteiger partial charge is 0.455 e. The van der Waals surface area contributed by atoms with Gasteiger partial charge in [-0.05, 0) is 30.9 Å². The van der Waals surface area contributed by atoms with Gasteiger partial charge in [-0.2, -0.15) is 0 Å². The third-order valence-corrected chi connectivity index (χ3v) is 5.23. The van der Waals surface area contributed by atoms with Gasteiger partial charge in [-0.3, -0.25) is 4.79 Å².